The van der Waals surface area contributed by atoms with Crippen molar-refractivity contribution in [2.24, 2.45) is 5.11 Å². The van der Waals surface area contributed by atoms with E-state index in [1.165, 1.54) is 0 Å². The van der Waals surface area contributed by atoms with E-state index in [4.69, 9.17) is 4.74 Å². The number of ether oxygens (including phenoxy) is 1. The average molecular weight is 268 g/mol. The topological polar surface area (TPSA) is 64.7 Å². The molecule has 0 bridgehead atoms. The monoisotopic (exact) mass is 268 g/mol. The number of benzene rings is 2. The number of rotatable bonds is 4. The van der Waals surface area contributed by atoms with Gasteiger partial charge < -0.3 is 9.94 Å². The van der Waals surface area contributed by atoms with Gasteiger partial charge in [-0.1, -0.05) is 29.6 Å². The summed E-state index contributed by atoms with van der Waals surface area (Å²) in [6.45, 7) is 3.31. The summed E-state index contributed by atoms with van der Waals surface area (Å²) in [5.74, 6) is -0.171. The van der Waals surface area contributed by atoms with E-state index < -0.39 is 5.97 Å². The molecular formula is C15H12N2O3. The van der Waals surface area contributed by atoms with E-state index in [-0.39, 0.29) is 0 Å². The molecule has 5 heteroatoms. The molecule has 100 valence electrons. The molecule has 0 heterocycles. The Bertz CT molecular complexity index is 634. The lowest BCUT2D eigenvalue weighted by Gasteiger charge is -2.01. The summed E-state index contributed by atoms with van der Waals surface area (Å²) in [5.41, 5.74) is 0.900. The summed E-state index contributed by atoms with van der Waals surface area (Å²) < 4.78 is 4.92. The highest BCUT2D eigenvalue weighted by Gasteiger charge is 2.04. The van der Waals surface area contributed by atoms with Gasteiger partial charge in [-0.15, -0.1) is 0 Å². The number of azo groups is 1. The fourth-order valence-electron chi connectivity index (χ4n) is 1.46. The minimum Gasteiger partial charge on any atom is -0.594 e. The molecule has 0 fully saturated rings. The van der Waals surface area contributed by atoms with E-state index in [2.05, 4.69) is 11.7 Å². The van der Waals surface area contributed by atoms with Crippen LogP contribution < -0.4 is 4.74 Å². The third-order valence-electron chi connectivity index (χ3n) is 2.41. The van der Waals surface area contributed by atoms with Crippen LogP contribution in [-0.4, -0.2) is 10.8 Å². The lowest BCUT2D eigenvalue weighted by Crippen LogP contribution is -2.02. The summed E-state index contributed by atoms with van der Waals surface area (Å²) in [6, 6.07) is 14.9. The summed E-state index contributed by atoms with van der Waals surface area (Å²) in [7, 11) is 0. The Labute approximate surface area is 116 Å². The Kier molecular flexibility index (Phi) is 4.24. The van der Waals surface area contributed by atoms with Crippen molar-refractivity contribution >= 4 is 17.3 Å². The van der Waals surface area contributed by atoms with Crippen LogP contribution >= 0.6 is 0 Å². The van der Waals surface area contributed by atoms with Crippen LogP contribution in [0.4, 0.5) is 11.4 Å². The molecule has 0 saturated heterocycles. The number of carbonyl (C=O) groups is 1. The Morgan fingerprint density at radius 3 is 2.40 bits per heavy atom. The number of para-hydroxylation sites is 1. The Morgan fingerprint density at radius 2 is 1.80 bits per heavy atom. The zero-order valence-electron chi connectivity index (χ0n) is 10.6. The van der Waals surface area contributed by atoms with Crippen LogP contribution in [0, 0.1) is 5.21 Å². The van der Waals surface area contributed by atoms with Crippen molar-refractivity contribution in [1.29, 1.82) is 0 Å². The fraction of sp³-hybridized carbons (Fsp3) is 0. The van der Waals surface area contributed by atoms with Crippen molar-refractivity contribution in [3.8, 4) is 5.75 Å². The molecule has 0 amide bonds. The van der Waals surface area contributed by atoms with Crippen LogP contribution in [0.1, 0.15) is 0 Å². The van der Waals surface area contributed by atoms with Crippen LogP contribution in [0.3, 0.4) is 0 Å². The van der Waals surface area contributed by atoms with Gasteiger partial charge in [-0.05, 0) is 24.3 Å². The zero-order valence-corrected chi connectivity index (χ0v) is 10.6. The van der Waals surface area contributed by atoms with Crippen molar-refractivity contribution in [1.82, 2.24) is 0 Å². The van der Waals surface area contributed by atoms with E-state index >= 15 is 0 Å². The number of esters is 1. The third-order valence-corrected chi connectivity index (χ3v) is 2.41. The quantitative estimate of drug-likeness (QED) is 0.212. The van der Waals surface area contributed by atoms with Gasteiger partial charge in [0.2, 0.25) is 5.69 Å². The Morgan fingerprint density at radius 1 is 1.15 bits per heavy atom. The van der Waals surface area contributed by atoms with Crippen molar-refractivity contribution < 1.29 is 14.4 Å². The number of nitrogens with zero attached hydrogens (tertiary/aromatic N) is 2. The Balaban J connectivity index is 2.14. The van der Waals surface area contributed by atoms with E-state index in [1.54, 1.807) is 48.5 Å². The molecule has 0 atom stereocenters. The third kappa shape index (κ3) is 3.52. The molecule has 0 aliphatic heterocycles. The summed E-state index contributed by atoms with van der Waals surface area (Å²) in [4.78, 5) is 11.5. The van der Waals surface area contributed by atoms with E-state index in [9.17, 15) is 10.0 Å². The maximum absolute atomic E-state index is 11.8. The molecule has 0 radical (unpaired) electrons. The number of hydrogen-bond acceptors (Lipinski definition) is 4. The average Bonchev–Trinajstić information content (AvgIpc) is 2.50. The van der Waals surface area contributed by atoms with Gasteiger partial charge >= 0.3 is 5.97 Å². The molecule has 0 spiro atoms. The minimum absolute atomic E-state index is 0.367. The molecule has 0 N–H and O–H groups in total. The fourth-order valence-corrected chi connectivity index (χ4v) is 1.46. The highest BCUT2D eigenvalue weighted by Crippen LogP contribution is 2.20. The van der Waals surface area contributed by atoms with Crippen molar-refractivity contribution in [2.45, 2.75) is 0 Å². The maximum Gasteiger partial charge on any atom is 0.335 e. The highest BCUT2D eigenvalue weighted by atomic mass is 16.5. The molecule has 2 rings (SSSR count). The van der Waals surface area contributed by atoms with E-state index in [1.807, 2.05) is 6.07 Å². The van der Waals surface area contributed by atoms with Gasteiger partial charge in [0.15, 0.2) is 0 Å². The second-order valence-corrected chi connectivity index (χ2v) is 3.83. The Hall–Kier alpha value is -2.95. The molecule has 5 nitrogen and oxygen atoms in total. The van der Waals surface area contributed by atoms with Crippen LogP contribution in [0.25, 0.3) is 0 Å². The van der Waals surface area contributed by atoms with Crippen molar-refractivity contribution in [3.63, 3.8) is 0 Å². The first-order valence-electron chi connectivity index (χ1n) is 5.87. The number of carbonyl (C=O) groups excluding carboxylic acids is 1. The highest BCUT2D eigenvalue weighted by molar-refractivity contribution is 5.83. The van der Waals surface area contributed by atoms with Gasteiger partial charge in [0.25, 0.3) is 0 Å². The van der Waals surface area contributed by atoms with Gasteiger partial charge in [-0.3, -0.25) is 0 Å². The van der Waals surface area contributed by atoms with Gasteiger partial charge in [0, 0.05) is 23.3 Å². The molecule has 0 aliphatic rings. The zero-order chi connectivity index (χ0) is 14.4. The lowest BCUT2D eigenvalue weighted by molar-refractivity contribution is -0.435. The maximum atomic E-state index is 11.8. The molecule has 20 heavy (non-hydrogen) atoms. The molecule has 0 aliphatic carbocycles. The summed E-state index contributed by atoms with van der Waals surface area (Å²) in [6.07, 6.45) is 1.08. The van der Waals surface area contributed by atoms with E-state index in [0.717, 1.165) is 6.08 Å². The van der Waals surface area contributed by atoms with E-state index in [0.29, 0.717) is 22.0 Å². The minimum atomic E-state index is -0.538. The summed E-state index contributed by atoms with van der Waals surface area (Å²) >= 11 is 0. The van der Waals surface area contributed by atoms with Gasteiger partial charge in [0.1, 0.15) is 11.4 Å². The van der Waals surface area contributed by atoms with Crippen molar-refractivity contribution in [2.75, 3.05) is 0 Å². The molecule has 2 aromatic carbocycles. The first-order chi connectivity index (χ1) is 9.69. The van der Waals surface area contributed by atoms with Gasteiger partial charge in [0.05, 0.1) is 0 Å². The molecule has 2 aromatic rings. The van der Waals surface area contributed by atoms with Gasteiger partial charge in [-0.25, -0.2) is 4.79 Å². The molecule has 0 saturated carbocycles. The molecule has 0 unspecified atom stereocenters. The van der Waals surface area contributed by atoms with Crippen LogP contribution in [0.15, 0.2) is 72.4 Å². The van der Waals surface area contributed by atoms with Crippen molar-refractivity contribution in [3.05, 3.63) is 72.5 Å². The first kappa shape index (κ1) is 13.5. The van der Waals surface area contributed by atoms with Crippen LogP contribution in [-0.2, 0) is 4.79 Å². The predicted octanol–water partition coefficient (Wildman–Crippen LogP) is 3.70. The lowest BCUT2D eigenvalue weighted by atomic mass is 10.3. The van der Waals surface area contributed by atoms with Gasteiger partial charge in [-0.2, -0.15) is 0 Å². The SMILES string of the molecule is C=CC(=O)Oc1ccc(N=[N+]([O-])c2ccccc2)cc1. The smallest absolute Gasteiger partial charge is 0.335 e. The second kappa shape index (κ2) is 6.29. The molecule has 0 aromatic heterocycles. The molecular weight excluding hydrogens is 256 g/mol. The van der Waals surface area contributed by atoms with Crippen LogP contribution in [0.2, 0.25) is 0 Å². The van der Waals surface area contributed by atoms with Crippen LogP contribution in [0.5, 0.6) is 5.75 Å². The first-order valence-corrected chi connectivity index (χ1v) is 5.87. The predicted molar refractivity (Wildman–Crippen MR) is 74.1 cm³/mol. The normalized spacial score (nSPS) is 10.9. The largest absolute Gasteiger partial charge is 0.594 e. The summed E-state index contributed by atoms with van der Waals surface area (Å²) in [5, 5.41) is 15.7. The number of hydrogen-bond donors (Lipinski definition) is 0. The standard InChI is InChI=1S/C15H12N2O3/c1-2-15(18)20-14-10-8-12(9-11-14)16-17(19)13-6-4-3-5-7-13/h2-11H,1H2. The second-order valence-electron chi connectivity index (χ2n) is 3.83.